The maximum atomic E-state index is 13.0. The number of hydrogen-bond acceptors (Lipinski definition) is 3. The number of amides is 1. The lowest BCUT2D eigenvalue weighted by atomic mass is 10.1. The van der Waals surface area contributed by atoms with E-state index in [-0.39, 0.29) is 24.2 Å². The van der Waals surface area contributed by atoms with Crippen molar-refractivity contribution < 1.29 is 9.18 Å². The molecule has 2 heterocycles. The van der Waals surface area contributed by atoms with Crippen LogP contribution in [-0.2, 0) is 18.3 Å². The Balaban J connectivity index is 1.63. The SMILES string of the molecule is Cc1nn(C)cc1[C@H](C)NC(=O)Cc1ccn(-c2ccc(F)cc2)n1. The summed E-state index contributed by atoms with van der Waals surface area (Å²) in [6.45, 7) is 3.85. The topological polar surface area (TPSA) is 64.7 Å². The molecule has 1 aromatic carbocycles. The smallest absolute Gasteiger partial charge is 0.226 e. The highest BCUT2D eigenvalue weighted by atomic mass is 19.1. The molecule has 0 aliphatic rings. The fourth-order valence-corrected chi connectivity index (χ4v) is 2.77. The first kappa shape index (κ1) is 16.9. The highest BCUT2D eigenvalue weighted by Crippen LogP contribution is 2.16. The fraction of sp³-hybridized carbons (Fsp3) is 0.278. The van der Waals surface area contributed by atoms with Gasteiger partial charge in [-0.25, -0.2) is 9.07 Å². The van der Waals surface area contributed by atoms with Gasteiger partial charge in [-0.1, -0.05) is 0 Å². The number of benzene rings is 1. The molecule has 3 rings (SSSR count). The Morgan fingerprint density at radius 2 is 1.96 bits per heavy atom. The van der Waals surface area contributed by atoms with Crippen molar-refractivity contribution in [2.75, 3.05) is 0 Å². The molecule has 0 bridgehead atoms. The molecule has 1 amide bonds. The Morgan fingerprint density at radius 1 is 1.24 bits per heavy atom. The van der Waals surface area contributed by atoms with E-state index in [1.54, 1.807) is 33.8 Å². The Morgan fingerprint density at radius 3 is 2.60 bits per heavy atom. The minimum atomic E-state index is -0.296. The molecule has 130 valence electrons. The summed E-state index contributed by atoms with van der Waals surface area (Å²) in [4.78, 5) is 12.3. The van der Waals surface area contributed by atoms with Gasteiger partial charge in [0.15, 0.2) is 0 Å². The Hall–Kier alpha value is -2.96. The Kier molecular flexibility index (Phi) is 4.65. The summed E-state index contributed by atoms with van der Waals surface area (Å²) in [7, 11) is 1.85. The van der Waals surface area contributed by atoms with E-state index >= 15 is 0 Å². The van der Waals surface area contributed by atoms with E-state index in [1.165, 1.54) is 12.1 Å². The Bertz CT molecular complexity index is 881. The summed E-state index contributed by atoms with van der Waals surface area (Å²) in [6, 6.07) is 7.69. The molecule has 0 spiro atoms. The van der Waals surface area contributed by atoms with Crippen molar-refractivity contribution >= 4 is 5.91 Å². The van der Waals surface area contributed by atoms with Crippen LogP contribution < -0.4 is 5.32 Å². The van der Waals surface area contributed by atoms with Crippen LogP contribution in [0.15, 0.2) is 42.7 Å². The second-order valence-corrected chi connectivity index (χ2v) is 6.04. The van der Waals surface area contributed by atoms with E-state index in [0.717, 1.165) is 16.9 Å². The minimum absolute atomic E-state index is 0.111. The Labute approximate surface area is 145 Å². The summed E-state index contributed by atoms with van der Waals surface area (Å²) < 4.78 is 16.3. The standard InChI is InChI=1S/C18H20FN5O/c1-12(17-11-23(3)21-13(17)2)20-18(25)10-15-8-9-24(22-15)16-6-4-14(19)5-7-16/h4-9,11-12H,10H2,1-3H3,(H,20,25)/t12-/m0/s1. The highest BCUT2D eigenvalue weighted by molar-refractivity contribution is 5.78. The minimum Gasteiger partial charge on any atom is -0.349 e. The monoisotopic (exact) mass is 341 g/mol. The number of aromatic nitrogens is 4. The number of aryl methyl sites for hydroxylation is 2. The molecule has 0 saturated heterocycles. The average Bonchev–Trinajstić information content (AvgIpc) is 3.14. The van der Waals surface area contributed by atoms with E-state index in [4.69, 9.17) is 0 Å². The number of nitrogens with zero attached hydrogens (tertiary/aromatic N) is 4. The number of carbonyl (C=O) groups is 1. The molecule has 0 unspecified atom stereocenters. The quantitative estimate of drug-likeness (QED) is 0.775. The third kappa shape index (κ3) is 3.93. The van der Waals surface area contributed by atoms with Gasteiger partial charge >= 0.3 is 0 Å². The van der Waals surface area contributed by atoms with Crippen LogP contribution in [0.3, 0.4) is 0 Å². The average molecular weight is 341 g/mol. The van der Waals surface area contributed by atoms with Crippen LogP contribution in [0.25, 0.3) is 5.69 Å². The van der Waals surface area contributed by atoms with Crippen LogP contribution >= 0.6 is 0 Å². The van der Waals surface area contributed by atoms with Gasteiger partial charge in [0.1, 0.15) is 5.82 Å². The van der Waals surface area contributed by atoms with Crippen LogP contribution in [0, 0.1) is 12.7 Å². The van der Waals surface area contributed by atoms with Crippen LogP contribution in [0.4, 0.5) is 4.39 Å². The molecule has 0 aliphatic heterocycles. The summed E-state index contributed by atoms with van der Waals surface area (Å²) >= 11 is 0. The lowest BCUT2D eigenvalue weighted by molar-refractivity contribution is -0.121. The van der Waals surface area contributed by atoms with E-state index < -0.39 is 0 Å². The number of nitrogens with one attached hydrogen (secondary N) is 1. The maximum Gasteiger partial charge on any atom is 0.226 e. The summed E-state index contributed by atoms with van der Waals surface area (Å²) in [6.07, 6.45) is 3.84. The van der Waals surface area contributed by atoms with Gasteiger partial charge in [-0.2, -0.15) is 10.2 Å². The molecular weight excluding hydrogens is 321 g/mol. The normalized spacial score (nSPS) is 12.2. The van der Waals surface area contributed by atoms with Gasteiger partial charge < -0.3 is 5.32 Å². The molecule has 2 aromatic heterocycles. The number of carbonyl (C=O) groups excluding carboxylic acids is 1. The molecule has 25 heavy (non-hydrogen) atoms. The summed E-state index contributed by atoms with van der Waals surface area (Å²) in [5.41, 5.74) is 3.29. The van der Waals surface area contributed by atoms with E-state index in [2.05, 4.69) is 15.5 Å². The molecule has 6 nitrogen and oxygen atoms in total. The van der Waals surface area contributed by atoms with Crippen molar-refractivity contribution in [2.45, 2.75) is 26.3 Å². The lowest BCUT2D eigenvalue weighted by Gasteiger charge is -2.12. The van der Waals surface area contributed by atoms with Gasteiger partial charge in [0.05, 0.1) is 29.5 Å². The number of hydrogen-bond donors (Lipinski definition) is 1. The van der Waals surface area contributed by atoms with Crippen molar-refractivity contribution in [1.82, 2.24) is 24.9 Å². The molecule has 0 saturated carbocycles. The molecule has 7 heteroatoms. The van der Waals surface area contributed by atoms with Crippen molar-refractivity contribution in [3.63, 3.8) is 0 Å². The highest BCUT2D eigenvalue weighted by Gasteiger charge is 2.15. The third-order valence-corrected chi connectivity index (χ3v) is 3.97. The molecule has 0 aliphatic carbocycles. The second kappa shape index (κ2) is 6.88. The van der Waals surface area contributed by atoms with Gasteiger partial charge in [0.25, 0.3) is 0 Å². The number of halogens is 1. The van der Waals surface area contributed by atoms with E-state index in [0.29, 0.717) is 5.69 Å². The zero-order valence-electron chi connectivity index (χ0n) is 14.4. The van der Waals surface area contributed by atoms with Gasteiger partial charge in [-0.05, 0) is 44.2 Å². The lowest BCUT2D eigenvalue weighted by Crippen LogP contribution is -2.28. The third-order valence-electron chi connectivity index (χ3n) is 3.97. The van der Waals surface area contributed by atoms with Crippen LogP contribution in [-0.4, -0.2) is 25.5 Å². The molecular formula is C18H20FN5O. The fourth-order valence-electron chi connectivity index (χ4n) is 2.77. The zero-order chi connectivity index (χ0) is 18.0. The summed E-state index contributed by atoms with van der Waals surface area (Å²) in [5, 5.41) is 11.6. The van der Waals surface area contributed by atoms with Crippen LogP contribution in [0.1, 0.15) is 29.9 Å². The van der Waals surface area contributed by atoms with Crippen molar-refractivity contribution in [3.8, 4) is 5.69 Å². The van der Waals surface area contributed by atoms with Crippen molar-refractivity contribution in [2.24, 2.45) is 7.05 Å². The molecule has 0 fully saturated rings. The molecule has 0 radical (unpaired) electrons. The van der Waals surface area contributed by atoms with Crippen LogP contribution in [0.5, 0.6) is 0 Å². The van der Waals surface area contributed by atoms with Gasteiger partial charge in [0, 0.05) is 25.0 Å². The van der Waals surface area contributed by atoms with E-state index in [9.17, 15) is 9.18 Å². The van der Waals surface area contributed by atoms with Gasteiger partial charge in [-0.3, -0.25) is 9.48 Å². The maximum absolute atomic E-state index is 13.0. The van der Waals surface area contributed by atoms with Crippen LogP contribution in [0.2, 0.25) is 0 Å². The molecule has 1 atom stereocenters. The van der Waals surface area contributed by atoms with Gasteiger partial charge in [0.2, 0.25) is 5.91 Å². The second-order valence-electron chi connectivity index (χ2n) is 6.04. The largest absolute Gasteiger partial charge is 0.349 e. The first-order chi connectivity index (χ1) is 11.9. The summed E-state index contributed by atoms with van der Waals surface area (Å²) in [5.74, 6) is -0.407. The van der Waals surface area contributed by atoms with Crippen molar-refractivity contribution in [3.05, 3.63) is 65.5 Å². The number of rotatable bonds is 5. The zero-order valence-corrected chi connectivity index (χ0v) is 14.4. The predicted octanol–water partition coefficient (Wildman–Crippen LogP) is 2.47. The van der Waals surface area contributed by atoms with Crippen molar-refractivity contribution in [1.29, 1.82) is 0 Å². The first-order valence-corrected chi connectivity index (χ1v) is 8.02. The molecule has 3 aromatic rings. The first-order valence-electron chi connectivity index (χ1n) is 8.02. The predicted molar refractivity (Wildman–Crippen MR) is 91.7 cm³/mol. The molecule has 1 N–H and O–H groups in total. The van der Waals surface area contributed by atoms with Gasteiger partial charge in [-0.15, -0.1) is 0 Å². The van der Waals surface area contributed by atoms with E-state index in [1.807, 2.05) is 27.1 Å².